The molecule has 4 heteroatoms. The van der Waals surface area contributed by atoms with Crippen molar-refractivity contribution in [3.05, 3.63) is 59.4 Å². The highest BCUT2D eigenvalue weighted by molar-refractivity contribution is 5.91. The predicted octanol–water partition coefficient (Wildman–Crippen LogP) is 2.04. The van der Waals surface area contributed by atoms with Crippen molar-refractivity contribution < 1.29 is 9.36 Å². The molecule has 0 aliphatic carbocycles. The molecule has 0 saturated carbocycles. The van der Waals surface area contributed by atoms with Gasteiger partial charge in [0.15, 0.2) is 12.4 Å². The van der Waals surface area contributed by atoms with Crippen molar-refractivity contribution in [3.63, 3.8) is 0 Å². The third-order valence-corrected chi connectivity index (χ3v) is 3.62. The Kier molecular flexibility index (Phi) is 3.33. The molecule has 4 nitrogen and oxygen atoms in total. The fraction of sp³-hybridized carbons (Fsp3) is 0.176. The van der Waals surface area contributed by atoms with Gasteiger partial charge in [-0.15, -0.1) is 6.42 Å². The Balaban J connectivity index is 1.76. The quantitative estimate of drug-likeness (QED) is 0.629. The normalized spacial score (nSPS) is 12.7. The summed E-state index contributed by atoms with van der Waals surface area (Å²) in [7, 11) is 1.89. The number of hydrogen-bond donors (Lipinski definition) is 1. The van der Waals surface area contributed by atoms with Gasteiger partial charge in [0.25, 0.3) is 0 Å². The first kappa shape index (κ1) is 13.2. The van der Waals surface area contributed by atoms with Crippen molar-refractivity contribution in [1.29, 1.82) is 0 Å². The molecule has 1 aromatic heterocycles. The second-order valence-corrected chi connectivity index (χ2v) is 5.14. The van der Waals surface area contributed by atoms with E-state index in [-0.39, 0.29) is 6.03 Å². The highest BCUT2D eigenvalue weighted by atomic mass is 16.2. The molecule has 1 aliphatic heterocycles. The van der Waals surface area contributed by atoms with Crippen molar-refractivity contribution in [1.82, 2.24) is 4.90 Å². The number of aryl methyl sites for hydroxylation is 1. The van der Waals surface area contributed by atoms with Gasteiger partial charge in [-0.1, -0.05) is 30.2 Å². The van der Waals surface area contributed by atoms with Gasteiger partial charge in [0.05, 0.1) is 5.69 Å². The van der Waals surface area contributed by atoms with Crippen LogP contribution in [0.3, 0.4) is 0 Å². The summed E-state index contributed by atoms with van der Waals surface area (Å²) in [6, 6.07) is 9.78. The van der Waals surface area contributed by atoms with Crippen LogP contribution in [0.5, 0.6) is 0 Å². The number of rotatable bonds is 1. The average Bonchev–Trinajstić information content (AvgIpc) is 2.93. The number of urea groups is 1. The zero-order valence-corrected chi connectivity index (χ0v) is 11.8. The summed E-state index contributed by atoms with van der Waals surface area (Å²) in [5, 5.41) is 2.90. The minimum Gasteiger partial charge on any atom is -0.316 e. The van der Waals surface area contributed by atoms with Crippen LogP contribution in [0.15, 0.2) is 42.7 Å². The van der Waals surface area contributed by atoms with E-state index in [1.807, 2.05) is 42.2 Å². The number of pyridine rings is 1. The fourth-order valence-corrected chi connectivity index (χ4v) is 2.49. The standard InChI is InChI=1S/C17H15N3O/c1-3-13-10-19(2)9-8-16(13)18-17(21)20-11-14-6-4-5-7-15(14)12-20/h1,4-10H,11-12H2,2H3/p+1. The lowest BCUT2D eigenvalue weighted by Crippen LogP contribution is -2.32. The third-order valence-electron chi connectivity index (χ3n) is 3.62. The van der Waals surface area contributed by atoms with E-state index in [0.29, 0.717) is 24.3 Å². The van der Waals surface area contributed by atoms with Crippen LogP contribution >= 0.6 is 0 Å². The number of amides is 2. The highest BCUT2D eigenvalue weighted by Gasteiger charge is 2.23. The number of nitrogens with zero attached hydrogens (tertiary/aromatic N) is 2. The van der Waals surface area contributed by atoms with E-state index < -0.39 is 0 Å². The van der Waals surface area contributed by atoms with Crippen LogP contribution < -0.4 is 9.88 Å². The molecular formula is C17H16N3O+. The summed E-state index contributed by atoms with van der Waals surface area (Å²) >= 11 is 0. The Labute approximate surface area is 124 Å². The molecule has 0 spiro atoms. The van der Waals surface area contributed by atoms with Crippen LogP contribution in [-0.2, 0) is 20.1 Å². The maximum Gasteiger partial charge on any atom is 0.322 e. The minimum absolute atomic E-state index is 0.128. The largest absolute Gasteiger partial charge is 0.322 e. The van der Waals surface area contributed by atoms with Gasteiger partial charge in [0.2, 0.25) is 0 Å². The summed E-state index contributed by atoms with van der Waals surface area (Å²) in [5.74, 6) is 2.60. The van der Waals surface area contributed by atoms with E-state index in [9.17, 15) is 4.79 Å². The average molecular weight is 278 g/mol. The second kappa shape index (κ2) is 5.29. The lowest BCUT2D eigenvalue weighted by molar-refractivity contribution is -0.671. The zero-order chi connectivity index (χ0) is 14.8. The summed E-state index contributed by atoms with van der Waals surface area (Å²) in [6.07, 6.45) is 9.16. The first-order valence-electron chi connectivity index (χ1n) is 6.76. The number of fused-ring (bicyclic) bond motifs is 1. The molecule has 2 amide bonds. The maximum absolute atomic E-state index is 12.4. The molecule has 2 heterocycles. The smallest absolute Gasteiger partial charge is 0.316 e. The molecule has 0 atom stereocenters. The second-order valence-electron chi connectivity index (χ2n) is 5.14. The molecule has 21 heavy (non-hydrogen) atoms. The van der Waals surface area contributed by atoms with Crippen LogP contribution in [-0.4, -0.2) is 10.9 Å². The number of carbonyl (C=O) groups is 1. The van der Waals surface area contributed by atoms with Crippen molar-refractivity contribution in [3.8, 4) is 12.3 Å². The Hall–Kier alpha value is -2.80. The molecule has 0 fully saturated rings. The Morgan fingerprint density at radius 2 is 1.95 bits per heavy atom. The Morgan fingerprint density at radius 3 is 2.57 bits per heavy atom. The molecule has 0 saturated heterocycles. The lowest BCUT2D eigenvalue weighted by atomic mass is 10.1. The minimum atomic E-state index is -0.128. The monoisotopic (exact) mass is 278 g/mol. The van der Waals surface area contributed by atoms with Gasteiger partial charge in [-0.05, 0) is 11.1 Å². The highest BCUT2D eigenvalue weighted by Crippen LogP contribution is 2.23. The number of anilines is 1. The van der Waals surface area contributed by atoms with Crippen molar-refractivity contribution in [2.75, 3.05) is 5.32 Å². The van der Waals surface area contributed by atoms with E-state index in [0.717, 1.165) is 0 Å². The lowest BCUT2D eigenvalue weighted by Gasteiger charge is -2.16. The predicted molar refractivity (Wildman–Crippen MR) is 80.3 cm³/mol. The molecule has 0 bridgehead atoms. The number of nitrogens with one attached hydrogen (secondary N) is 1. The zero-order valence-electron chi connectivity index (χ0n) is 11.8. The summed E-state index contributed by atoms with van der Waals surface area (Å²) in [6.45, 7) is 1.27. The number of hydrogen-bond acceptors (Lipinski definition) is 1. The van der Waals surface area contributed by atoms with Crippen LogP contribution in [0.2, 0.25) is 0 Å². The summed E-state index contributed by atoms with van der Waals surface area (Å²) in [4.78, 5) is 14.2. The molecule has 104 valence electrons. The van der Waals surface area contributed by atoms with Gasteiger partial charge in [0.1, 0.15) is 12.6 Å². The SMILES string of the molecule is C#Cc1c[n+](C)ccc1NC(=O)N1Cc2ccccc2C1. The molecule has 1 aliphatic rings. The van der Waals surface area contributed by atoms with Crippen LogP contribution in [0.4, 0.5) is 10.5 Å². The van der Waals surface area contributed by atoms with E-state index in [4.69, 9.17) is 6.42 Å². The molecule has 0 radical (unpaired) electrons. The van der Waals surface area contributed by atoms with E-state index in [2.05, 4.69) is 23.4 Å². The van der Waals surface area contributed by atoms with Crippen molar-refractivity contribution in [2.24, 2.45) is 7.05 Å². The number of benzene rings is 1. The van der Waals surface area contributed by atoms with Crippen molar-refractivity contribution >= 4 is 11.7 Å². The van der Waals surface area contributed by atoms with Crippen LogP contribution in [0.25, 0.3) is 0 Å². The molecular weight excluding hydrogens is 262 g/mol. The Bertz CT molecular complexity index is 721. The summed E-state index contributed by atoms with van der Waals surface area (Å²) < 4.78 is 1.86. The first-order valence-corrected chi connectivity index (χ1v) is 6.76. The first-order chi connectivity index (χ1) is 10.2. The molecule has 1 N–H and O–H groups in total. The van der Waals surface area contributed by atoms with Gasteiger partial charge in [-0.3, -0.25) is 0 Å². The van der Waals surface area contributed by atoms with E-state index in [1.165, 1.54) is 11.1 Å². The molecule has 3 rings (SSSR count). The van der Waals surface area contributed by atoms with E-state index in [1.54, 1.807) is 4.90 Å². The van der Waals surface area contributed by atoms with Crippen molar-refractivity contribution in [2.45, 2.75) is 13.1 Å². The third kappa shape index (κ3) is 2.59. The fourth-order valence-electron chi connectivity index (χ4n) is 2.49. The number of terminal acetylenes is 1. The topological polar surface area (TPSA) is 36.2 Å². The molecule has 0 unspecified atom stereocenters. The van der Waals surface area contributed by atoms with Gasteiger partial charge < -0.3 is 10.2 Å². The molecule has 2 aromatic rings. The van der Waals surface area contributed by atoms with Crippen LogP contribution in [0.1, 0.15) is 16.7 Å². The summed E-state index contributed by atoms with van der Waals surface area (Å²) in [5.41, 5.74) is 3.73. The van der Waals surface area contributed by atoms with E-state index >= 15 is 0 Å². The van der Waals surface area contributed by atoms with Gasteiger partial charge in [0, 0.05) is 19.2 Å². The molecule has 1 aromatic carbocycles. The number of carbonyl (C=O) groups excluding carboxylic acids is 1. The van der Waals surface area contributed by atoms with Gasteiger partial charge >= 0.3 is 6.03 Å². The maximum atomic E-state index is 12.4. The van der Waals surface area contributed by atoms with Gasteiger partial charge in [-0.2, -0.15) is 0 Å². The van der Waals surface area contributed by atoms with Crippen LogP contribution in [0, 0.1) is 12.3 Å². The number of aromatic nitrogens is 1. The van der Waals surface area contributed by atoms with Gasteiger partial charge in [-0.25, -0.2) is 9.36 Å². The Morgan fingerprint density at radius 1 is 1.29 bits per heavy atom.